The first-order valence-corrected chi connectivity index (χ1v) is 6.97. The molecule has 17 heavy (non-hydrogen) atoms. The van der Waals surface area contributed by atoms with Gasteiger partial charge in [-0.2, -0.15) is 0 Å². The van der Waals surface area contributed by atoms with E-state index in [0.29, 0.717) is 16.8 Å². The lowest BCUT2D eigenvalue weighted by Gasteiger charge is -2.11. The Bertz CT molecular complexity index is 530. The molecule has 0 saturated carbocycles. The number of anilines is 1. The van der Waals surface area contributed by atoms with Crippen LogP contribution < -0.4 is 5.32 Å². The van der Waals surface area contributed by atoms with Gasteiger partial charge in [-0.1, -0.05) is 0 Å². The Morgan fingerprint density at radius 2 is 1.76 bits per heavy atom. The molecule has 0 spiro atoms. The molecule has 0 bridgehead atoms. The smallest absolute Gasteiger partial charge is 0.411 e. The van der Waals surface area contributed by atoms with Crippen molar-refractivity contribution in [1.82, 2.24) is 0 Å². The normalized spacial score (nSPS) is 11.1. The molecule has 0 heterocycles. The summed E-state index contributed by atoms with van der Waals surface area (Å²) in [6.07, 6.45) is -0.613. The molecule has 0 fully saturated rings. The molecule has 1 aromatic carbocycles. The van der Waals surface area contributed by atoms with Crippen LogP contribution in [0.4, 0.5) is 10.5 Å². The number of methoxy groups -OCH3 is 1. The third kappa shape index (κ3) is 3.34. The summed E-state index contributed by atoms with van der Waals surface area (Å²) in [4.78, 5) is 11.1. The zero-order chi connectivity index (χ0) is 13.2. The molecule has 1 aromatic rings. The number of carbonyl (C=O) groups excluding carboxylic acids is 1. The van der Waals surface area contributed by atoms with E-state index in [-0.39, 0.29) is 4.90 Å². The third-order valence-corrected chi connectivity index (χ3v) is 3.53. The zero-order valence-corrected chi connectivity index (χ0v) is 11.1. The van der Waals surface area contributed by atoms with Crippen LogP contribution in [0.3, 0.4) is 0 Å². The molecule has 0 aliphatic heterocycles. The van der Waals surface area contributed by atoms with E-state index in [2.05, 4.69) is 10.1 Å². The molecule has 94 valence electrons. The van der Waals surface area contributed by atoms with Gasteiger partial charge in [-0.25, -0.2) is 13.2 Å². The molecule has 1 N–H and O–H groups in total. The minimum absolute atomic E-state index is 0.00424. The van der Waals surface area contributed by atoms with Gasteiger partial charge < -0.3 is 4.74 Å². The average molecular weight is 278 g/mol. The number of nitrogens with one attached hydrogen (secondary N) is 1. The van der Waals surface area contributed by atoms with Crippen LogP contribution in [0, 0.1) is 13.8 Å². The molecule has 5 nitrogen and oxygen atoms in total. The van der Waals surface area contributed by atoms with Crippen LogP contribution >= 0.6 is 10.7 Å². The second-order valence-corrected chi connectivity index (χ2v) is 6.05. The molecule has 0 saturated heterocycles. The molecule has 1 amide bonds. The van der Waals surface area contributed by atoms with E-state index < -0.39 is 15.1 Å². The van der Waals surface area contributed by atoms with Crippen molar-refractivity contribution in [2.45, 2.75) is 18.7 Å². The number of aryl methyl sites for hydroxylation is 2. The van der Waals surface area contributed by atoms with Crippen molar-refractivity contribution in [2.75, 3.05) is 12.4 Å². The molecular formula is C10H12ClNO4S. The number of benzene rings is 1. The van der Waals surface area contributed by atoms with Gasteiger partial charge in [-0.3, -0.25) is 5.32 Å². The molecule has 0 unspecified atom stereocenters. The van der Waals surface area contributed by atoms with E-state index in [1.54, 1.807) is 13.8 Å². The summed E-state index contributed by atoms with van der Waals surface area (Å²) in [5.74, 6) is 0. The first kappa shape index (κ1) is 13.8. The SMILES string of the molecule is COC(=O)Nc1c(C)cc(S(=O)(=O)Cl)cc1C. The molecule has 0 aromatic heterocycles. The first-order chi connectivity index (χ1) is 7.75. The molecular weight excluding hydrogens is 266 g/mol. The van der Waals surface area contributed by atoms with Crippen molar-refractivity contribution < 1.29 is 17.9 Å². The van der Waals surface area contributed by atoms with Crippen molar-refractivity contribution in [3.05, 3.63) is 23.3 Å². The molecule has 7 heteroatoms. The van der Waals surface area contributed by atoms with Gasteiger partial charge in [0.2, 0.25) is 0 Å². The highest BCUT2D eigenvalue weighted by Crippen LogP contribution is 2.26. The molecule has 0 atom stereocenters. The maximum Gasteiger partial charge on any atom is 0.411 e. The number of hydrogen-bond donors (Lipinski definition) is 1. The molecule has 1 rings (SSSR count). The Morgan fingerprint density at radius 1 is 1.29 bits per heavy atom. The maximum atomic E-state index is 11.2. The largest absolute Gasteiger partial charge is 0.453 e. The van der Waals surface area contributed by atoms with E-state index in [1.165, 1.54) is 19.2 Å². The summed E-state index contributed by atoms with van der Waals surface area (Å²) in [5, 5.41) is 2.51. The van der Waals surface area contributed by atoms with Gasteiger partial charge in [0, 0.05) is 16.4 Å². The quantitative estimate of drug-likeness (QED) is 0.843. The van der Waals surface area contributed by atoms with Gasteiger partial charge in [0.05, 0.1) is 12.0 Å². The van der Waals surface area contributed by atoms with Gasteiger partial charge in [0.15, 0.2) is 0 Å². The highest BCUT2D eigenvalue weighted by molar-refractivity contribution is 8.13. The number of ether oxygens (including phenoxy) is 1. The van der Waals surface area contributed by atoms with Crippen LogP contribution in [0.25, 0.3) is 0 Å². The summed E-state index contributed by atoms with van der Waals surface area (Å²) in [6.45, 7) is 3.34. The summed E-state index contributed by atoms with van der Waals surface area (Å²) in [6, 6.07) is 2.78. The van der Waals surface area contributed by atoms with E-state index in [4.69, 9.17) is 10.7 Å². The van der Waals surface area contributed by atoms with Gasteiger partial charge in [0.25, 0.3) is 9.05 Å². The first-order valence-electron chi connectivity index (χ1n) is 4.66. The topological polar surface area (TPSA) is 72.5 Å². The Kier molecular flexibility index (Phi) is 4.00. The minimum atomic E-state index is -3.77. The summed E-state index contributed by atoms with van der Waals surface area (Å²) in [5.41, 5.74) is 1.70. The highest BCUT2D eigenvalue weighted by Gasteiger charge is 2.15. The Morgan fingerprint density at radius 3 is 2.12 bits per heavy atom. The van der Waals surface area contributed by atoms with Gasteiger partial charge in [0.1, 0.15) is 0 Å². The highest BCUT2D eigenvalue weighted by atomic mass is 35.7. The molecule has 0 aliphatic carbocycles. The molecule has 0 radical (unpaired) electrons. The van der Waals surface area contributed by atoms with Crippen LogP contribution in [0.15, 0.2) is 17.0 Å². The third-order valence-electron chi connectivity index (χ3n) is 2.20. The predicted molar refractivity (Wildman–Crippen MR) is 65.0 cm³/mol. The Balaban J connectivity index is 3.25. The monoisotopic (exact) mass is 277 g/mol. The number of rotatable bonds is 2. The van der Waals surface area contributed by atoms with Crippen molar-refractivity contribution in [2.24, 2.45) is 0 Å². The fourth-order valence-electron chi connectivity index (χ4n) is 1.41. The minimum Gasteiger partial charge on any atom is -0.453 e. The number of halogens is 1. The van der Waals surface area contributed by atoms with E-state index in [9.17, 15) is 13.2 Å². The van der Waals surface area contributed by atoms with Crippen molar-refractivity contribution >= 4 is 31.5 Å². The predicted octanol–water partition coefficient (Wildman–Crippen LogP) is 2.41. The lowest BCUT2D eigenvalue weighted by atomic mass is 10.1. The van der Waals surface area contributed by atoms with Crippen LogP contribution in [0.5, 0.6) is 0 Å². The lowest BCUT2D eigenvalue weighted by Crippen LogP contribution is -2.13. The van der Waals surface area contributed by atoms with E-state index in [1.807, 2.05) is 0 Å². The number of amides is 1. The Hall–Kier alpha value is -1.27. The fourth-order valence-corrected chi connectivity index (χ4v) is 2.32. The summed E-state index contributed by atoms with van der Waals surface area (Å²) < 4.78 is 26.8. The number of hydrogen-bond acceptors (Lipinski definition) is 4. The van der Waals surface area contributed by atoms with Crippen molar-refractivity contribution in [3.8, 4) is 0 Å². The van der Waals surface area contributed by atoms with Gasteiger partial charge in [-0.15, -0.1) is 0 Å². The van der Waals surface area contributed by atoms with Crippen molar-refractivity contribution in [1.29, 1.82) is 0 Å². The van der Waals surface area contributed by atoms with Crippen molar-refractivity contribution in [3.63, 3.8) is 0 Å². The van der Waals surface area contributed by atoms with Crippen LogP contribution in [0.2, 0.25) is 0 Å². The standard InChI is InChI=1S/C10H12ClNO4S/c1-6-4-8(17(11,14)15)5-7(2)9(6)12-10(13)16-3/h4-5H,1-3H3,(H,12,13). The van der Waals surface area contributed by atoms with Gasteiger partial charge >= 0.3 is 6.09 Å². The summed E-state index contributed by atoms with van der Waals surface area (Å²) in [7, 11) is 2.73. The maximum absolute atomic E-state index is 11.2. The number of carbonyl (C=O) groups is 1. The molecule has 0 aliphatic rings. The second kappa shape index (κ2) is 4.93. The van der Waals surface area contributed by atoms with Crippen LogP contribution in [0.1, 0.15) is 11.1 Å². The summed E-state index contributed by atoms with van der Waals surface area (Å²) >= 11 is 0. The zero-order valence-electron chi connectivity index (χ0n) is 9.57. The van der Waals surface area contributed by atoms with Crippen LogP contribution in [-0.2, 0) is 13.8 Å². The van der Waals surface area contributed by atoms with Crippen LogP contribution in [-0.4, -0.2) is 21.6 Å². The van der Waals surface area contributed by atoms with Gasteiger partial charge in [-0.05, 0) is 37.1 Å². The second-order valence-electron chi connectivity index (χ2n) is 3.49. The lowest BCUT2D eigenvalue weighted by molar-refractivity contribution is 0.187. The van der Waals surface area contributed by atoms with E-state index in [0.717, 1.165) is 0 Å². The fraction of sp³-hybridized carbons (Fsp3) is 0.300. The Labute approximate surface area is 104 Å². The average Bonchev–Trinajstić information content (AvgIpc) is 2.21. The van der Waals surface area contributed by atoms with E-state index >= 15 is 0 Å².